The van der Waals surface area contributed by atoms with Gasteiger partial charge in [-0.15, -0.1) is 0 Å². The third-order valence-corrected chi connectivity index (χ3v) is 4.71. The van der Waals surface area contributed by atoms with Crippen LogP contribution in [0.15, 0.2) is 54.6 Å². The molecule has 2 aromatic carbocycles. The van der Waals surface area contributed by atoms with Gasteiger partial charge in [0.1, 0.15) is 24.1 Å². The summed E-state index contributed by atoms with van der Waals surface area (Å²) in [6.45, 7) is 7.53. The second kappa shape index (κ2) is 9.79. The quantitative estimate of drug-likeness (QED) is 0.721. The summed E-state index contributed by atoms with van der Waals surface area (Å²) in [5, 5.41) is 0. The van der Waals surface area contributed by atoms with Crippen molar-refractivity contribution >= 4 is 6.09 Å². The molecule has 0 bridgehead atoms. The van der Waals surface area contributed by atoms with Crippen LogP contribution in [0.2, 0.25) is 0 Å². The smallest absolute Gasteiger partial charge is 0.410 e. The first-order valence-electron chi connectivity index (χ1n) is 10.2. The van der Waals surface area contributed by atoms with Crippen molar-refractivity contribution in [3.05, 3.63) is 65.7 Å². The van der Waals surface area contributed by atoms with Gasteiger partial charge in [0.2, 0.25) is 0 Å². The Morgan fingerprint density at radius 3 is 2.55 bits per heavy atom. The number of para-hydroxylation sites is 1. The molecule has 5 heteroatoms. The van der Waals surface area contributed by atoms with Gasteiger partial charge in [-0.05, 0) is 50.8 Å². The molecule has 1 fully saturated rings. The molecule has 156 valence electrons. The van der Waals surface area contributed by atoms with E-state index >= 15 is 0 Å². The molecule has 2 aromatic rings. The number of morpholine rings is 1. The van der Waals surface area contributed by atoms with Crippen molar-refractivity contribution in [2.45, 2.75) is 45.3 Å². The summed E-state index contributed by atoms with van der Waals surface area (Å²) in [6.07, 6.45) is 1.41. The predicted octanol–water partition coefficient (Wildman–Crippen LogP) is 4.49. The molecule has 29 heavy (non-hydrogen) atoms. The fourth-order valence-corrected chi connectivity index (χ4v) is 3.27. The van der Waals surface area contributed by atoms with E-state index in [2.05, 4.69) is 30.3 Å². The highest BCUT2D eigenvalue weighted by Crippen LogP contribution is 2.21. The van der Waals surface area contributed by atoms with Crippen LogP contribution in [0, 0.1) is 0 Å². The number of aryl methyl sites for hydroxylation is 2. The van der Waals surface area contributed by atoms with E-state index in [0.29, 0.717) is 26.3 Å². The van der Waals surface area contributed by atoms with Gasteiger partial charge in [0, 0.05) is 6.54 Å². The molecular formula is C24H31NO4. The first-order valence-corrected chi connectivity index (χ1v) is 10.2. The molecule has 0 aromatic heterocycles. The molecule has 0 radical (unpaired) electrons. The minimum Gasteiger partial charge on any atom is -0.491 e. The number of hydrogen-bond donors (Lipinski definition) is 0. The van der Waals surface area contributed by atoms with Gasteiger partial charge in [0.25, 0.3) is 0 Å². The maximum Gasteiger partial charge on any atom is 0.410 e. The Hall–Kier alpha value is -2.53. The lowest BCUT2D eigenvalue weighted by molar-refractivity contribution is -0.0558. The Morgan fingerprint density at radius 2 is 1.79 bits per heavy atom. The van der Waals surface area contributed by atoms with Gasteiger partial charge in [-0.25, -0.2) is 4.79 Å². The van der Waals surface area contributed by atoms with Gasteiger partial charge in [-0.1, -0.05) is 48.5 Å². The maximum absolute atomic E-state index is 12.3. The fraction of sp³-hybridized carbons (Fsp3) is 0.458. The molecule has 0 aliphatic carbocycles. The minimum absolute atomic E-state index is 0.168. The van der Waals surface area contributed by atoms with Crippen molar-refractivity contribution in [1.29, 1.82) is 0 Å². The minimum atomic E-state index is -0.501. The zero-order valence-electron chi connectivity index (χ0n) is 17.6. The molecule has 1 saturated heterocycles. The van der Waals surface area contributed by atoms with Gasteiger partial charge in [0.05, 0.1) is 13.2 Å². The van der Waals surface area contributed by atoms with Crippen molar-refractivity contribution in [2.24, 2.45) is 0 Å². The average molecular weight is 398 g/mol. The molecule has 1 aliphatic heterocycles. The van der Waals surface area contributed by atoms with Crippen LogP contribution in [0.5, 0.6) is 5.75 Å². The highest BCUT2D eigenvalue weighted by atomic mass is 16.6. The number of rotatable bonds is 6. The molecule has 1 unspecified atom stereocenters. The van der Waals surface area contributed by atoms with Gasteiger partial charge in [0.15, 0.2) is 0 Å². The van der Waals surface area contributed by atoms with Crippen molar-refractivity contribution in [2.75, 3.05) is 26.3 Å². The summed E-state index contributed by atoms with van der Waals surface area (Å²) in [5.41, 5.74) is 1.99. The Labute approximate surface area is 173 Å². The number of ether oxygens (including phenoxy) is 3. The van der Waals surface area contributed by atoms with Crippen LogP contribution in [0.25, 0.3) is 0 Å². The summed E-state index contributed by atoms with van der Waals surface area (Å²) in [6, 6.07) is 18.6. The van der Waals surface area contributed by atoms with Crippen LogP contribution >= 0.6 is 0 Å². The third-order valence-electron chi connectivity index (χ3n) is 4.71. The van der Waals surface area contributed by atoms with Crippen LogP contribution in [-0.4, -0.2) is 49.0 Å². The third kappa shape index (κ3) is 6.79. The summed E-state index contributed by atoms with van der Waals surface area (Å²) in [5.74, 6) is 0.876. The van der Waals surface area contributed by atoms with Gasteiger partial charge < -0.3 is 19.1 Å². The first kappa shape index (κ1) is 21.2. The van der Waals surface area contributed by atoms with Crippen LogP contribution in [-0.2, 0) is 22.3 Å². The van der Waals surface area contributed by atoms with E-state index in [0.717, 1.165) is 18.6 Å². The van der Waals surface area contributed by atoms with E-state index in [1.807, 2.05) is 45.0 Å². The van der Waals surface area contributed by atoms with E-state index in [1.54, 1.807) is 4.90 Å². The molecule has 0 spiro atoms. The Morgan fingerprint density at radius 1 is 1.07 bits per heavy atom. The number of amides is 1. The summed E-state index contributed by atoms with van der Waals surface area (Å²) < 4.78 is 17.4. The Kier molecular flexibility index (Phi) is 7.15. The molecular weight excluding hydrogens is 366 g/mol. The lowest BCUT2D eigenvalue weighted by atomic mass is 10.0. The van der Waals surface area contributed by atoms with E-state index in [1.165, 1.54) is 11.1 Å². The highest BCUT2D eigenvalue weighted by Gasteiger charge is 2.28. The highest BCUT2D eigenvalue weighted by molar-refractivity contribution is 5.68. The standard InChI is InChI=1S/C24H31NO4/c1-24(2,3)29-23(26)25-15-16-27-21(17-25)18-28-22-12-8-7-11-20(22)14-13-19-9-5-4-6-10-19/h4-12,21H,13-18H2,1-3H3. The second-order valence-electron chi connectivity index (χ2n) is 8.32. The molecule has 0 saturated carbocycles. The van der Waals surface area contributed by atoms with E-state index in [-0.39, 0.29) is 12.2 Å². The molecule has 3 rings (SSSR count). The number of carbonyl (C=O) groups excluding carboxylic acids is 1. The number of carbonyl (C=O) groups is 1. The zero-order valence-corrected chi connectivity index (χ0v) is 17.6. The monoisotopic (exact) mass is 397 g/mol. The molecule has 0 N–H and O–H groups in total. The first-order chi connectivity index (χ1) is 13.9. The van der Waals surface area contributed by atoms with Crippen molar-refractivity contribution in [1.82, 2.24) is 4.90 Å². The summed E-state index contributed by atoms with van der Waals surface area (Å²) in [4.78, 5) is 14.0. The van der Waals surface area contributed by atoms with E-state index in [4.69, 9.17) is 14.2 Å². The summed E-state index contributed by atoms with van der Waals surface area (Å²) in [7, 11) is 0. The molecule has 1 heterocycles. The fourth-order valence-electron chi connectivity index (χ4n) is 3.27. The Balaban J connectivity index is 1.53. The van der Waals surface area contributed by atoms with E-state index < -0.39 is 5.60 Å². The van der Waals surface area contributed by atoms with Crippen molar-refractivity contribution < 1.29 is 19.0 Å². The largest absolute Gasteiger partial charge is 0.491 e. The van der Waals surface area contributed by atoms with Crippen LogP contribution in [0.3, 0.4) is 0 Å². The maximum atomic E-state index is 12.3. The molecule has 1 amide bonds. The van der Waals surface area contributed by atoms with E-state index in [9.17, 15) is 4.79 Å². The lowest BCUT2D eigenvalue weighted by Crippen LogP contribution is -2.49. The van der Waals surface area contributed by atoms with Gasteiger partial charge in [-0.2, -0.15) is 0 Å². The van der Waals surface area contributed by atoms with Crippen LogP contribution in [0.4, 0.5) is 4.79 Å². The second-order valence-corrected chi connectivity index (χ2v) is 8.32. The van der Waals surface area contributed by atoms with Gasteiger partial charge >= 0.3 is 6.09 Å². The summed E-state index contributed by atoms with van der Waals surface area (Å²) >= 11 is 0. The number of hydrogen-bond acceptors (Lipinski definition) is 4. The molecule has 1 aliphatic rings. The topological polar surface area (TPSA) is 48.0 Å². The zero-order chi connectivity index (χ0) is 20.7. The number of nitrogens with zero attached hydrogens (tertiary/aromatic N) is 1. The lowest BCUT2D eigenvalue weighted by Gasteiger charge is -2.34. The van der Waals surface area contributed by atoms with Crippen molar-refractivity contribution in [3.63, 3.8) is 0 Å². The van der Waals surface area contributed by atoms with Crippen molar-refractivity contribution in [3.8, 4) is 5.75 Å². The van der Waals surface area contributed by atoms with Crippen LogP contribution < -0.4 is 4.74 Å². The molecule has 1 atom stereocenters. The van der Waals surface area contributed by atoms with Gasteiger partial charge in [-0.3, -0.25) is 0 Å². The number of benzene rings is 2. The average Bonchev–Trinajstić information content (AvgIpc) is 2.71. The predicted molar refractivity (Wildman–Crippen MR) is 113 cm³/mol. The normalized spacial score (nSPS) is 17.1. The Bertz CT molecular complexity index is 785. The molecule has 5 nitrogen and oxygen atoms in total. The SMILES string of the molecule is CC(C)(C)OC(=O)N1CCOC(COc2ccccc2CCc2ccccc2)C1. The van der Waals surface area contributed by atoms with Crippen LogP contribution in [0.1, 0.15) is 31.9 Å².